The molecule has 0 spiro atoms. The Morgan fingerprint density at radius 2 is 2.19 bits per heavy atom. The van der Waals surface area contributed by atoms with Crippen molar-refractivity contribution in [1.29, 1.82) is 0 Å². The molecule has 0 amide bonds. The van der Waals surface area contributed by atoms with E-state index in [0.717, 1.165) is 30.4 Å². The molecule has 2 N–H and O–H groups in total. The van der Waals surface area contributed by atoms with Crippen LogP contribution in [0.2, 0.25) is 0 Å². The molecular weight excluding hydrogens is 201 g/mol. The van der Waals surface area contributed by atoms with Gasteiger partial charge in [-0.05, 0) is 48.9 Å². The van der Waals surface area contributed by atoms with E-state index in [1.165, 1.54) is 12.5 Å². The van der Waals surface area contributed by atoms with Crippen molar-refractivity contribution in [2.75, 3.05) is 0 Å². The molecule has 1 saturated carbocycles. The molecule has 2 rings (SSSR count). The Kier molecular flexibility index (Phi) is 3.02. The van der Waals surface area contributed by atoms with Gasteiger partial charge in [-0.1, -0.05) is 25.8 Å². The number of halogens is 1. The van der Waals surface area contributed by atoms with Gasteiger partial charge in [0.25, 0.3) is 0 Å². The molecule has 1 nitrogen and oxygen atoms in total. The maximum Gasteiger partial charge on any atom is 0.123 e. The minimum Gasteiger partial charge on any atom is -0.321 e. The van der Waals surface area contributed by atoms with Crippen LogP contribution in [0.25, 0.3) is 0 Å². The van der Waals surface area contributed by atoms with Crippen molar-refractivity contribution in [3.63, 3.8) is 0 Å². The lowest BCUT2D eigenvalue weighted by Gasteiger charge is -2.38. The van der Waals surface area contributed by atoms with Crippen LogP contribution in [-0.4, -0.2) is 0 Å². The zero-order valence-corrected chi connectivity index (χ0v) is 10.1. The van der Waals surface area contributed by atoms with Gasteiger partial charge < -0.3 is 5.73 Å². The van der Waals surface area contributed by atoms with E-state index in [-0.39, 0.29) is 11.4 Å². The standard InChI is InChI=1S/C14H20FN/c1-10-4-3-7-14(16,9-10)13-8-12(15)6-5-11(13)2/h5-6,8,10H,3-4,7,9,16H2,1-2H3. The Labute approximate surface area is 96.9 Å². The van der Waals surface area contributed by atoms with Crippen LogP contribution in [0.3, 0.4) is 0 Å². The van der Waals surface area contributed by atoms with E-state index in [1.54, 1.807) is 6.07 Å². The first-order chi connectivity index (χ1) is 7.51. The first-order valence-electron chi connectivity index (χ1n) is 6.07. The summed E-state index contributed by atoms with van der Waals surface area (Å²) in [7, 11) is 0. The highest BCUT2D eigenvalue weighted by Crippen LogP contribution is 2.39. The minimum absolute atomic E-state index is 0.177. The van der Waals surface area contributed by atoms with Gasteiger partial charge in [-0.3, -0.25) is 0 Å². The van der Waals surface area contributed by atoms with E-state index in [4.69, 9.17) is 5.73 Å². The first kappa shape index (κ1) is 11.6. The van der Waals surface area contributed by atoms with E-state index in [9.17, 15) is 4.39 Å². The molecule has 0 heterocycles. The molecule has 0 saturated heterocycles. The SMILES string of the molecule is Cc1ccc(F)cc1C1(N)CCCC(C)C1. The van der Waals surface area contributed by atoms with Gasteiger partial charge >= 0.3 is 0 Å². The Bertz CT molecular complexity index is 388. The van der Waals surface area contributed by atoms with Crippen molar-refractivity contribution in [2.24, 2.45) is 11.7 Å². The largest absolute Gasteiger partial charge is 0.321 e. The van der Waals surface area contributed by atoms with Crippen LogP contribution in [0.15, 0.2) is 18.2 Å². The summed E-state index contributed by atoms with van der Waals surface area (Å²) in [6, 6.07) is 4.96. The molecule has 1 fully saturated rings. The van der Waals surface area contributed by atoms with Crippen LogP contribution in [0.1, 0.15) is 43.7 Å². The summed E-state index contributed by atoms with van der Waals surface area (Å²) >= 11 is 0. The monoisotopic (exact) mass is 221 g/mol. The highest BCUT2D eigenvalue weighted by Gasteiger charge is 2.33. The second-order valence-corrected chi connectivity index (χ2v) is 5.32. The summed E-state index contributed by atoms with van der Waals surface area (Å²) in [5.74, 6) is 0.463. The Balaban J connectivity index is 2.37. The summed E-state index contributed by atoms with van der Waals surface area (Å²) in [5.41, 5.74) is 8.27. The van der Waals surface area contributed by atoms with Gasteiger partial charge in [0.1, 0.15) is 5.82 Å². The lowest BCUT2D eigenvalue weighted by atomic mass is 9.72. The van der Waals surface area contributed by atoms with Crippen molar-refractivity contribution in [3.05, 3.63) is 35.1 Å². The van der Waals surface area contributed by atoms with E-state index >= 15 is 0 Å². The lowest BCUT2D eigenvalue weighted by Crippen LogP contribution is -2.41. The van der Waals surface area contributed by atoms with E-state index < -0.39 is 0 Å². The maximum atomic E-state index is 13.3. The third-order valence-corrected chi connectivity index (χ3v) is 3.77. The van der Waals surface area contributed by atoms with Crippen LogP contribution in [0, 0.1) is 18.7 Å². The smallest absolute Gasteiger partial charge is 0.123 e. The number of benzene rings is 1. The normalized spacial score (nSPS) is 30.4. The Hall–Kier alpha value is -0.890. The summed E-state index contributed by atoms with van der Waals surface area (Å²) < 4.78 is 13.3. The minimum atomic E-state index is -0.316. The van der Waals surface area contributed by atoms with Crippen LogP contribution in [-0.2, 0) is 5.54 Å². The van der Waals surface area contributed by atoms with E-state index in [2.05, 4.69) is 6.92 Å². The zero-order chi connectivity index (χ0) is 11.8. The molecule has 88 valence electrons. The summed E-state index contributed by atoms with van der Waals surface area (Å²) in [6.45, 7) is 4.25. The summed E-state index contributed by atoms with van der Waals surface area (Å²) in [4.78, 5) is 0. The molecule has 0 aliphatic heterocycles. The molecule has 1 aliphatic carbocycles. The topological polar surface area (TPSA) is 26.0 Å². The number of nitrogens with two attached hydrogens (primary N) is 1. The van der Waals surface area contributed by atoms with Crippen molar-refractivity contribution in [1.82, 2.24) is 0 Å². The fourth-order valence-corrected chi connectivity index (χ4v) is 2.97. The Morgan fingerprint density at radius 1 is 1.44 bits per heavy atom. The molecule has 2 heteroatoms. The molecular formula is C14H20FN. The van der Waals surface area contributed by atoms with Crippen LogP contribution in [0.4, 0.5) is 4.39 Å². The fourth-order valence-electron chi connectivity index (χ4n) is 2.97. The van der Waals surface area contributed by atoms with Crippen LogP contribution < -0.4 is 5.73 Å². The Morgan fingerprint density at radius 3 is 2.88 bits per heavy atom. The van der Waals surface area contributed by atoms with Crippen molar-refractivity contribution < 1.29 is 4.39 Å². The second-order valence-electron chi connectivity index (χ2n) is 5.32. The summed E-state index contributed by atoms with van der Waals surface area (Å²) in [6.07, 6.45) is 4.33. The molecule has 0 aromatic heterocycles. The highest BCUT2D eigenvalue weighted by molar-refractivity contribution is 5.33. The number of hydrogen-bond donors (Lipinski definition) is 1. The predicted molar refractivity (Wildman–Crippen MR) is 64.6 cm³/mol. The third kappa shape index (κ3) is 2.12. The molecule has 1 aromatic rings. The first-order valence-corrected chi connectivity index (χ1v) is 6.07. The maximum absolute atomic E-state index is 13.3. The van der Waals surface area contributed by atoms with Gasteiger partial charge in [-0.25, -0.2) is 4.39 Å². The van der Waals surface area contributed by atoms with Crippen molar-refractivity contribution in [2.45, 2.75) is 45.1 Å². The highest BCUT2D eigenvalue weighted by atomic mass is 19.1. The van der Waals surface area contributed by atoms with Gasteiger partial charge in [0.2, 0.25) is 0 Å². The van der Waals surface area contributed by atoms with Gasteiger partial charge in [0.15, 0.2) is 0 Å². The van der Waals surface area contributed by atoms with Crippen molar-refractivity contribution in [3.8, 4) is 0 Å². The second kappa shape index (κ2) is 4.17. The summed E-state index contributed by atoms with van der Waals surface area (Å²) in [5, 5.41) is 0. The quantitative estimate of drug-likeness (QED) is 0.771. The lowest BCUT2D eigenvalue weighted by molar-refractivity contribution is 0.238. The predicted octanol–water partition coefficient (Wildman–Crippen LogP) is 3.50. The van der Waals surface area contributed by atoms with Gasteiger partial charge in [0, 0.05) is 5.54 Å². The zero-order valence-electron chi connectivity index (χ0n) is 10.1. The molecule has 0 radical (unpaired) electrons. The van der Waals surface area contributed by atoms with Gasteiger partial charge in [0.05, 0.1) is 0 Å². The average Bonchev–Trinajstić information content (AvgIpc) is 2.21. The van der Waals surface area contributed by atoms with Crippen LogP contribution >= 0.6 is 0 Å². The molecule has 1 aromatic carbocycles. The fraction of sp³-hybridized carbons (Fsp3) is 0.571. The number of hydrogen-bond acceptors (Lipinski definition) is 1. The van der Waals surface area contributed by atoms with E-state index in [1.807, 2.05) is 13.0 Å². The van der Waals surface area contributed by atoms with E-state index in [0.29, 0.717) is 5.92 Å². The van der Waals surface area contributed by atoms with Crippen LogP contribution in [0.5, 0.6) is 0 Å². The van der Waals surface area contributed by atoms with Gasteiger partial charge in [-0.2, -0.15) is 0 Å². The molecule has 16 heavy (non-hydrogen) atoms. The third-order valence-electron chi connectivity index (χ3n) is 3.77. The average molecular weight is 221 g/mol. The molecule has 1 aliphatic rings. The molecule has 2 unspecified atom stereocenters. The number of aryl methyl sites for hydroxylation is 1. The molecule has 2 atom stereocenters. The molecule has 0 bridgehead atoms. The van der Waals surface area contributed by atoms with Gasteiger partial charge in [-0.15, -0.1) is 0 Å². The number of rotatable bonds is 1. The van der Waals surface area contributed by atoms with Crippen molar-refractivity contribution >= 4 is 0 Å².